The van der Waals surface area contributed by atoms with Gasteiger partial charge in [0.15, 0.2) is 0 Å². The lowest BCUT2D eigenvalue weighted by atomic mass is 10.1. The smallest absolute Gasteiger partial charge is 0.388 e. The summed E-state index contributed by atoms with van der Waals surface area (Å²) < 4.78 is 36.6. The Labute approximate surface area is 86.7 Å². The van der Waals surface area contributed by atoms with E-state index < -0.39 is 11.7 Å². The first-order chi connectivity index (χ1) is 5.95. The van der Waals surface area contributed by atoms with E-state index in [-0.39, 0.29) is 12.4 Å². The molecule has 80 valence electrons. The summed E-state index contributed by atoms with van der Waals surface area (Å²) >= 11 is 0. The van der Waals surface area contributed by atoms with Crippen LogP contribution in [0.4, 0.5) is 18.9 Å². The van der Waals surface area contributed by atoms with Crippen LogP contribution in [0.15, 0.2) is 18.2 Å². The first kappa shape index (κ1) is 13.1. The standard InChI is InChI=1S/C9H10F3N.ClH/c1-6-3-4-7(9(10,11)12)5-8(6)13-2;/h3-5,13H,1-2H3;1H. The van der Waals surface area contributed by atoms with Gasteiger partial charge in [0.25, 0.3) is 0 Å². The van der Waals surface area contributed by atoms with Crippen molar-refractivity contribution in [3.05, 3.63) is 29.3 Å². The van der Waals surface area contributed by atoms with Crippen molar-refractivity contribution >= 4 is 18.1 Å². The number of hydrogen-bond acceptors (Lipinski definition) is 1. The quantitative estimate of drug-likeness (QED) is 0.772. The Balaban J connectivity index is 0.00000169. The highest BCUT2D eigenvalue weighted by atomic mass is 35.5. The maximum absolute atomic E-state index is 12.2. The molecule has 5 heteroatoms. The van der Waals surface area contributed by atoms with Gasteiger partial charge in [-0.05, 0) is 24.6 Å². The number of alkyl halides is 3. The minimum Gasteiger partial charge on any atom is -0.388 e. The molecule has 1 aromatic rings. The molecule has 1 N–H and O–H groups in total. The predicted molar refractivity (Wildman–Crippen MR) is 53.0 cm³/mol. The van der Waals surface area contributed by atoms with Crippen LogP contribution >= 0.6 is 12.4 Å². The summed E-state index contributed by atoms with van der Waals surface area (Å²) in [5, 5.41) is 2.71. The second-order valence-corrected chi connectivity index (χ2v) is 2.78. The van der Waals surface area contributed by atoms with Crippen LogP contribution in [0.1, 0.15) is 11.1 Å². The van der Waals surface area contributed by atoms with Crippen LogP contribution in [-0.4, -0.2) is 7.05 Å². The second-order valence-electron chi connectivity index (χ2n) is 2.78. The number of anilines is 1. The van der Waals surface area contributed by atoms with Crippen molar-refractivity contribution in [3.8, 4) is 0 Å². The number of rotatable bonds is 1. The molecule has 0 saturated heterocycles. The van der Waals surface area contributed by atoms with Gasteiger partial charge < -0.3 is 5.32 Å². The van der Waals surface area contributed by atoms with Crippen molar-refractivity contribution in [2.45, 2.75) is 13.1 Å². The van der Waals surface area contributed by atoms with Gasteiger partial charge in [0, 0.05) is 12.7 Å². The number of aryl methyl sites for hydroxylation is 1. The van der Waals surface area contributed by atoms with Gasteiger partial charge in [0.1, 0.15) is 0 Å². The molecule has 0 saturated carbocycles. The average molecular weight is 226 g/mol. The molecule has 0 aliphatic heterocycles. The third-order valence-corrected chi connectivity index (χ3v) is 1.83. The summed E-state index contributed by atoms with van der Waals surface area (Å²) in [6.07, 6.45) is -4.26. The molecular weight excluding hydrogens is 215 g/mol. The Bertz CT molecular complexity index is 309. The van der Waals surface area contributed by atoms with Crippen molar-refractivity contribution in [1.82, 2.24) is 0 Å². The fraction of sp³-hybridized carbons (Fsp3) is 0.333. The monoisotopic (exact) mass is 225 g/mol. The topological polar surface area (TPSA) is 12.0 Å². The van der Waals surface area contributed by atoms with Gasteiger partial charge in [-0.1, -0.05) is 6.07 Å². The maximum Gasteiger partial charge on any atom is 0.416 e. The van der Waals surface area contributed by atoms with E-state index in [1.54, 1.807) is 14.0 Å². The fourth-order valence-electron chi connectivity index (χ4n) is 1.07. The molecule has 0 atom stereocenters. The molecule has 0 radical (unpaired) electrons. The highest BCUT2D eigenvalue weighted by Crippen LogP contribution is 2.31. The van der Waals surface area contributed by atoms with E-state index in [2.05, 4.69) is 5.32 Å². The molecule has 0 spiro atoms. The molecule has 1 nitrogen and oxygen atoms in total. The minimum atomic E-state index is -4.26. The van der Waals surface area contributed by atoms with Crippen LogP contribution in [0.25, 0.3) is 0 Å². The zero-order chi connectivity index (χ0) is 10.1. The fourth-order valence-corrected chi connectivity index (χ4v) is 1.07. The van der Waals surface area contributed by atoms with Gasteiger partial charge in [0.2, 0.25) is 0 Å². The molecule has 0 fully saturated rings. The normalized spacial score (nSPS) is 10.6. The van der Waals surface area contributed by atoms with Crippen LogP contribution in [0.2, 0.25) is 0 Å². The van der Waals surface area contributed by atoms with Gasteiger partial charge in [-0.15, -0.1) is 12.4 Å². The molecule has 14 heavy (non-hydrogen) atoms. The van der Waals surface area contributed by atoms with Gasteiger partial charge in [-0.3, -0.25) is 0 Å². The number of benzene rings is 1. The lowest BCUT2D eigenvalue weighted by molar-refractivity contribution is -0.137. The van der Waals surface area contributed by atoms with Crippen LogP contribution in [0.3, 0.4) is 0 Å². The summed E-state index contributed by atoms with van der Waals surface area (Å²) in [5.41, 5.74) is 0.688. The Kier molecular flexibility index (Phi) is 4.26. The van der Waals surface area contributed by atoms with E-state index in [0.29, 0.717) is 5.69 Å². The van der Waals surface area contributed by atoms with E-state index >= 15 is 0 Å². The molecule has 0 heterocycles. The number of halogens is 4. The Morgan fingerprint density at radius 1 is 1.21 bits per heavy atom. The first-order valence-corrected chi connectivity index (χ1v) is 3.80. The first-order valence-electron chi connectivity index (χ1n) is 3.80. The van der Waals surface area contributed by atoms with Crippen molar-refractivity contribution in [1.29, 1.82) is 0 Å². The lowest BCUT2D eigenvalue weighted by Crippen LogP contribution is -2.06. The van der Waals surface area contributed by atoms with Crippen LogP contribution < -0.4 is 5.32 Å². The summed E-state index contributed by atoms with van der Waals surface area (Å²) in [7, 11) is 1.60. The average Bonchev–Trinajstić information content (AvgIpc) is 2.03. The van der Waals surface area contributed by atoms with Crippen molar-refractivity contribution in [2.75, 3.05) is 12.4 Å². The van der Waals surface area contributed by atoms with Crippen molar-refractivity contribution in [2.24, 2.45) is 0 Å². The molecular formula is C9H11ClF3N. The van der Waals surface area contributed by atoms with Crippen LogP contribution in [-0.2, 0) is 6.18 Å². The van der Waals surface area contributed by atoms with Gasteiger partial charge in [0.05, 0.1) is 5.56 Å². The van der Waals surface area contributed by atoms with Crippen LogP contribution in [0.5, 0.6) is 0 Å². The summed E-state index contributed by atoms with van der Waals surface area (Å²) in [6, 6.07) is 3.64. The highest BCUT2D eigenvalue weighted by Gasteiger charge is 2.30. The number of hydrogen-bond donors (Lipinski definition) is 1. The SMILES string of the molecule is CNc1cc(C(F)(F)F)ccc1C.Cl. The van der Waals surface area contributed by atoms with Crippen LogP contribution in [0, 0.1) is 6.92 Å². The van der Waals surface area contributed by atoms with E-state index in [1.165, 1.54) is 6.07 Å². The third-order valence-electron chi connectivity index (χ3n) is 1.83. The van der Waals surface area contributed by atoms with E-state index in [4.69, 9.17) is 0 Å². The lowest BCUT2D eigenvalue weighted by Gasteiger charge is -2.10. The zero-order valence-corrected chi connectivity index (χ0v) is 8.59. The molecule has 0 bridgehead atoms. The molecule has 0 aliphatic rings. The second kappa shape index (κ2) is 4.55. The maximum atomic E-state index is 12.2. The van der Waals surface area contributed by atoms with E-state index in [9.17, 15) is 13.2 Å². The Morgan fingerprint density at radius 2 is 1.79 bits per heavy atom. The molecule has 1 rings (SSSR count). The number of nitrogens with one attached hydrogen (secondary N) is 1. The molecule has 0 aromatic heterocycles. The van der Waals surface area contributed by atoms with Gasteiger partial charge in [-0.25, -0.2) is 0 Å². The van der Waals surface area contributed by atoms with E-state index in [1.807, 2.05) is 0 Å². The van der Waals surface area contributed by atoms with Gasteiger partial charge in [-0.2, -0.15) is 13.2 Å². The third kappa shape index (κ3) is 2.80. The molecule has 0 aliphatic carbocycles. The minimum absolute atomic E-state index is 0. The highest BCUT2D eigenvalue weighted by molar-refractivity contribution is 5.85. The summed E-state index contributed by atoms with van der Waals surface area (Å²) in [4.78, 5) is 0. The van der Waals surface area contributed by atoms with Gasteiger partial charge >= 0.3 is 6.18 Å². The molecule has 1 aromatic carbocycles. The molecule has 0 unspecified atom stereocenters. The largest absolute Gasteiger partial charge is 0.416 e. The summed E-state index contributed by atoms with van der Waals surface area (Å²) in [6.45, 7) is 1.76. The Morgan fingerprint density at radius 3 is 2.21 bits per heavy atom. The Hall–Kier alpha value is -0.900. The molecule has 0 amide bonds. The zero-order valence-electron chi connectivity index (χ0n) is 7.77. The van der Waals surface area contributed by atoms with E-state index in [0.717, 1.165) is 17.7 Å². The van der Waals surface area contributed by atoms with Crippen molar-refractivity contribution in [3.63, 3.8) is 0 Å². The predicted octanol–water partition coefficient (Wildman–Crippen LogP) is 3.48. The van der Waals surface area contributed by atoms with Crippen molar-refractivity contribution < 1.29 is 13.2 Å². The summed E-state index contributed by atoms with van der Waals surface area (Å²) in [5.74, 6) is 0.